The Hall–Kier alpha value is -3.54. The van der Waals surface area contributed by atoms with E-state index < -0.39 is 12.1 Å². The molecular formula is C28H29ClN4O5S2. The van der Waals surface area contributed by atoms with E-state index in [9.17, 15) is 9.59 Å². The van der Waals surface area contributed by atoms with Crippen LogP contribution in [0, 0.1) is 6.92 Å². The zero-order chi connectivity index (χ0) is 28.8. The highest BCUT2D eigenvalue weighted by molar-refractivity contribution is 7.99. The summed E-state index contributed by atoms with van der Waals surface area (Å²) in [5.41, 5.74) is 2.80. The zero-order valence-electron chi connectivity index (χ0n) is 22.7. The van der Waals surface area contributed by atoms with Gasteiger partial charge in [0, 0.05) is 17.5 Å². The minimum atomic E-state index is -0.534. The summed E-state index contributed by atoms with van der Waals surface area (Å²) in [4.78, 5) is 25.6. The van der Waals surface area contributed by atoms with Gasteiger partial charge in [0.15, 0.2) is 17.1 Å². The van der Waals surface area contributed by atoms with E-state index in [1.807, 2.05) is 67.1 Å². The molecule has 40 heavy (non-hydrogen) atoms. The number of thiophene rings is 1. The van der Waals surface area contributed by atoms with Gasteiger partial charge in [0.25, 0.3) is 0 Å². The van der Waals surface area contributed by atoms with Gasteiger partial charge in [-0.2, -0.15) is 0 Å². The van der Waals surface area contributed by atoms with Crippen molar-refractivity contribution in [3.05, 3.63) is 69.8 Å². The molecule has 0 radical (unpaired) electrons. The van der Waals surface area contributed by atoms with Gasteiger partial charge in [-0.25, -0.2) is 4.79 Å². The largest absolute Gasteiger partial charge is 0.497 e. The first kappa shape index (κ1) is 29.4. The average Bonchev–Trinajstić information content (AvgIpc) is 3.57. The van der Waals surface area contributed by atoms with Crippen LogP contribution in [0.2, 0.25) is 5.02 Å². The molecule has 4 aromatic rings. The van der Waals surface area contributed by atoms with Crippen LogP contribution in [0.25, 0.3) is 11.1 Å². The topological polar surface area (TPSA) is 105 Å². The fraction of sp³-hybridized carbons (Fsp3) is 0.286. The summed E-state index contributed by atoms with van der Waals surface area (Å²) < 4.78 is 18.2. The Morgan fingerprint density at radius 3 is 2.58 bits per heavy atom. The molecule has 9 nitrogen and oxygen atoms in total. The second-order valence-electron chi connectivity index (χ2n) is 8.69. The first-order valence-corrected chi connectivity index (χ1v) is 14.6. The third-order valence-electron chi connectivity index (χ3n) is 5.98. The fourth-order valence-corrected chi connectivity index (χ4v) is 5.92. The normalized spacial score (nSPS) is 11.7. The second-order valence-corrected chi connectivity index (χ2v) is 10.9. The number of nitrogens with zero attached hydrogens (tertiary/aromatic N) is 3. The number of aryl methyl sites for hydroxylation is 1. The highest BCUT2D eigenvalue weighted by atomic mass is 35.5. The van der Waals surface area contributed by atoms with Gasteiger partial charge in [0.1, 0.15) is 22.1 Å². The molecule has 0 spiro atoms. The molecule has 2 aromatic heterocycles. The lowest BCUT2D eigenvalue weighted by atomic mass is 10.0. The number of benzene rings is 2. The van der Waals surface area contributed by atoms with Gasteiger partial charge in [0.05, 0.1) is 25.0 Å². The standard InChI is InChI=1S/C28H29ClN4O5S2/c1-6-33-25(17(3)38-22-13-16(2)7-12-21(22)29)31-32-28(33)40-15-23(34)30-26-24(27(35)37-5)20(14-39-26)18-8-10-19(36-4)11-9-18/h7-14,17H,6,15H2,1-5H3,(H,30,34). The number of thioether (sulfide) groups is 1. The quantitative estimate of drug-likeness (QED) is 0.151. The van der Waals surface area contributed by atoms with Gasteiger partial charge in [-0.05, 0) is 56.2 Å². The van der Waals surface area contributed by atoms with Crippen molar-refractivity contribution in [2.75, 3.05) is 25.3 Å². The van der Waals surface area contributed by atoms with E-state index in [2.05, 4.69) is 15.5 Å². The van der Waals surface area contributed by atoms with Gasteiger partial charge in [-0.15, -0.1) is 21.5 Å². The SMILES string of the molecule is CCn1c(SCC(=O)Nc2scc(-c3ccc(OC)cc3)c2C(=O)OC)nnc1C(C)Oc1cc(C)ccc1Cl. The van der Waals surface area contributed by atoms with Crippen LogP contribution in [-0.2, 0) is 16.1 Å². The molecule has 1 unspecified atom stereocenters. The Morgan fingerprint density at radius 2 is 1.90 bits per heavy atom. The molecule has 12 heteroatoms. The van der Waals surface area contributed by atoms with Crippen molar-refractivity contribution in [2.24, 2.45) is 0 Å². The van der Waals surface area contributed by atoms with E-state index in [0.717, 1.165) is 11.1 Å². The maximum absolute atomic E-state index is 12.9. The van der Waals surface area contributed by atoms with Crippen molar-refractivity contribution in [1.82, 2.24) is 14.8 Å². The fourth-order valence-electron chi connectivity index (χ4n) is 3.98. The second kappa shape index (κ2) is 13.2. The number of esters is 1. The third-order valence-corrected chi connectivity index (χ3v) is 8.16. The minimum Gasteiger partial charge on any atom is -0.497 e. The summed E-state index contributed by atoms with van der Waals surface area (Å²) in [6.07, 6.45) is -0.417. The summed E-state index contributed by atoms with van der Waals surface area (Å²) in [6.45, 7) is 6.40. The predicted molar refractivity (Wildman–Crippen MR) is 158 cm³/mol. The van der Waals surface area contributed by atoms with Crippen LogP contribution in [-0.4, -0.2) is 46.6 Å². The molecule has 0 aliphatic heterocycles. The Morgan fingerprint density at radius 1 is 1.15 bits per heavy atom. The summed E-state index contributed by atoms with van der Waals surface area (Å²) in [5, 5.41) is 14.8. The van der Waals surface area contributed by atoms with E-state index in [-0.39, 0.29) is 11.7 Å². The van der Waals surface area contributed by atoms with Gasteiger partial charge < -0.3 is 24.1 Å². The van der Waals surface area contributed by atoms with E-state index in [4.69, 9.17) is 25.8 Å². The number of ether oxygens (including phenoxy) is 3. The van der Waals surface area contributed by atoms with E-state index in [1.165, 1.54) is 30.2 Å². The van der Waals surface area contributed by atoms with Gasteiger partial charge in [0.2, 0.25) is 5.91 Å². The number of nitrogens with one attached hydrogen (secondary N) is 1. The predicted octanol–water partition coefficient (Wildman–Crippen LogP) is 6.65. The summed E-state index contributed by atoms with van der Waals surface area (Å²) >= 11 is 8.80. The van der Waals surface area contributed by atoms with Crippen molar-refractivity contribution in [3.8, 4) is 22.6 Å². The highest BCUT2D eigenvalue weighted by Crippen LogP contribution is 2.37. The Labute approximate surface area is 245 Å². The number of anilines is 1. The van der Waals surface area contributed by atoms with Crippen LogP contribution in [0.3, 0.4) is 0 Å². The van der Waals surface area contributed by atoms with Crippen molar-refractivity contribution in [1.29, 1.82) is 0 Å². The van der Waals surface area contributed by atoms with Crippen LogP contribution >= 0.6 is 34.7 Å². The van der Waals surface area contributed by atoms with Crippen LogP contribution in [0.4, 0.5) is 5.00 Å². The molecule has 0 saturated heterocycles. The first-order valence-electron chi connectivity index (χ1n) is 12.4. The summed E-state index contributed by atoms with van der Waals surface area (Å²) in [6, 6.07) is 12.9. The van der Waals surface area contributed by atoms with Gasteiger partial charge >= 0.3 is 5.97 Å². The number of halogens is 1. The van der Waals surface area contributed by atoms with Crippen LogP contribution < -0.4 is 14.8 Å². The molecule has 0 saturated carbocycles. The smallest absolute Gasteiger partial charge is 0.341 e. The van der Waals surface area contributed by atoms with Crippen LogP contribution in [0.5, 0.6) is 11.5 Å². The van der Waals surface area contributed by atoms with Crippen molar-refractivity contribution >= 4 is 51.6 Å². The minimum absolute atomic E-state index is 0.0630. The molecule has 2 aromatic carbocycles. The van der Waals surface area contributed by atoms with Crippen molar-refractivity contribution in [2.45, 2.75) is 38.6 Å². The molecule has 0 bridgehead atoms. The third kappa shape index (κ3) is 6.60. The van der Waals surface area contributed by atoms with Crippen LogP contribution in [0.15, 0.2) is 53.0 Å². The number of rotatable bonds is 11. The Balaban J connectivity index is 1.46. The first-order chi connectivity index (χ1) is 19.2. The highest BCUT2D eigenvalue weighted by Gasteiger charge is 2.24. The molecule has 1 N–H and O–H groups in total. The number of carbonyl (C=O) groups is 2. The zero-order valence-corrected chi connectivity index (χ0v) is 25.1. The number of hydrogen-bond acceptors (Lipinski definition) is 9. The molecule has 0 aliphatic carbocycles. The maximum Gasteiger partial charge on any atom is 0.341 e. The molecule has 0 fully saturated rings. The molecule has 4 rings (SSSR count). The Bertz CT molecular complexity index is 1500. The van der Waals surface area contributed by atoms with Crippen molar-refractivity contribution in [3.63, 3.8) is 0 Å². The lowest BCUT2D eigenvalue weighted by Crippen LogP contribution is -2.17. The maximum atomic E-state index is 12.9. The monoisotopic (exact) mass is 600 g/mol. The lowest BCUT2D eigenvalue weighted by molar-refractivity contribution is -0.113. The lowest BCUT2D eigenvalue weighted by Gasteiger charge is -2.16. The van der Waals surface area contributed by atoms with E-state index in [0.29, 0.717) is 50.2 Å². The van der Waals surface area contributed by atoms with E-state index in [1.54, 1.807) is 13.2 Å². The summed E-state index contributed by atoms with van der Waals surface area (Å²) in [5.74, 6) is 1.13. The summed E-state index contributed by atoms with van der Waals surface area (Å²) in [7, 11) is 2.90. The number of carbonyl (C=O) groups excluding carboxylic acids is 2. The number of hydrogen-bond donors (Lipinski definition) is 1. The molecule has 1 amide bonds. The van der Waals surface area contributed by atoms with Crippen LogP contribution in [0.1, 0.15) is 41.7 Å². The number of aromatic nitrogens is 3. The molecule has 1 atom stereocenters. The number of amides is 1. The van der Waals surface area contributed by atoms with Gasteiger partial charge in [-0.3, -0.25) is 4.79 Å². The average molecular weight is 601 g/mol. The van der Waals surface area contributed by atoms with Gasteiger partial charge in [-0.1, -0.05) is 41.6 Å². The molecule has 0 aliphatic rings. The molecular weight excluding hydrogens is 572 g/mol. The van der Waals surface area contributed by atoms with Crippen molar-refractivity contribution < 1.29 is 23.8 Å². The van der Waals surface area contributed by atoms with E-state index >= 15 is 0 Å². The Kier molecular flexibility index (Phi) is 9.72. The molecule has 210 valence electrons. The number of methoxy groups -OCH3 is 2. The molecule has 2 heterocycles.